The first-order valence-corrected chi connectivity index (χ1v) is 6.64. The van der Waals surface area contributed by atoms with E-state index in [0.717, 1.165) is 23.0 Å². The van der Waals surface area contributed by atoms with Gasteiger partial charge in [0, 0.05) is 29.3 Å². The molecule has 0 radical (unpaired) electrons. The third-order valence-corrected chi connectivity index (χ3v) is 3.37. The zero-order valence-electron chi connectivity index (χ0n) is 11.5. The Morgan fingerprint density at radius 3 is 2.57 bits per heavy atom. The van der Waals surface area contributed by atoms with Crippen LogP contribution in [0.1, 0.15) is 5.56 Å². The molecule has 108 valence electrons. The van der Waals surface area contributed by atoms with Gasteiger partial charge in [-0.3, -0.25) is 0 Å². The van der Waals surface area contributed by atoms with Crippen LogP contribution in [0.3, 0.4) is 0 Å². The van der Waals surface area contributed by atoms with Crippen molar-refractivity contribution in [2.24, 2.45) is 0 Å². The van der Waals surface area contributed by atoms with E-state index in [0.29, 0.717) is 5.69 Å². The first-order chi connectivity index (χ1) is 10.2. The predicted octanol–water partition coefficient (Wildman–Crippen LogP) is 3.91. The van der Waals surface area contributed by atoms with Crippen molar-refractivity contribution in [1.82, 2.24) is 10.3 Å². The Kier molecular flexibility index (Phi) is 3.58. The molecular weight excluding hydrogens is 272 g/mol. The van der Waals surface area contributed by atoms with E-state index >= 15 is 0 Å². The summed E-state index contributed by atoms with van der Waals surface area (Å²) in [5.74, 6) is -1.23. The Morgan fingerprint density at radius 1 is 1.10 bits per heavy atom. The van der Waals surface area contributed by atoms with Crippen molar-refractivity contribution < 1.29 is 8.78 Å². The molecule has 0 aliphatic carbocycles. The number of halogens is 2. The number of benzene rings is 2. The number of nitrogens with one attached hydrogen (secondary N) is 3. The second-order valence-electron chi connectivity index (χ2n) is 4.83. The van der Waals surface area contributed by atoms with Gasteiger partial charge in [0.15, 0.2) is 0 Å². The SMILES string of the molecule is CNCc1c[nH]c2cc(Nc3c(F)cccc3F)ccc12. The lowest BCUT2D eigenvalue weighted by molar-refractivity contribution is 0.591. The molecule has 0 saturated heterocycles. The Hall–Kier alpha value is -2.40. The maximum Gasteiger partial charge on any atom is 0.149 e. The number of para-hydroxylation sites is 1. The van der Waals surface area contributed by atoms with Gasteiger partial charge in [-0.2, -0.15) is 0 Å². The van der Waals surface area contributed by atoms with Gasteiger partial charge in [-0.05, 0) is 36.9 Å². The van der Waals surface area contributed by atoms with Crippen LogP contribution in [0.4, 0.5) is 20.2 Å². The minimum Gasteiger partial charge on any atom is -0.361 e. The van der Waals surface area contributed by atoms with E-state index in [-0.39, 0.29) is 5.69 Å². The average Bonchev–Trinajstić information content (AvgIpc) is 2.86. The molecule has 1 aromatic heterocycles. The minimum absolute atomic E-state index is 0.140. The molecule has 0 fully saturated rings. The molecule has 0 saturated carbocycles. The fourth-order valence-corrected chi connectivity index (χ4v) is 2.36. The molecule has 3 nitrogen and oxygen atoms in total. The molecule has 21 heavy (non-hydrogen) atoms. The Bertz CT molecular complexity index is 760. The van der Waals surface area contributed by atoms with Crippen molar-refractivity contribution in [3.8, 4) is 0 Å². The fourth-order valence-electron chi connectivity index (χ4n) is 2.36. The van der Waals surface area contributed by atoms with Gasteiger partial charge in [-0.25, -0.2) is 8.78 Å². The molecule has 3 aromatic rings. The summed E-state index contributed by atoms with van der Waals surface area (Å²) in [6, 6.07) is 9.36. The number of hydrogen-bond acceptors (Lipinski definition) is 2. The molecule has 0 aliphatic rings. The first kappa shape index (κ1) is 13.6. The molecule has 0 aliphatic heterocycles. The van der Waals surface area contributed by atoms with E-state index in [1.165, 1.54) is 18.2 Å². The predicted molar refractivity (Wildman–Crippen MR) is 80.7 cm³/mol. The smallest absolute Gasteiger partial charge is 0.149 e. The van der Waals surface area contributed by atoms with Gasteiger partial charge < -0.3 is 15.6 Å². The van der Waals surface area contributed by atoms with Crippen LogP contribution in [0.25, 0.3) is 10.9 Å². The highest BCUT2D eigenvalue weighted by atomic mass is 19.1. The highest BCUT2D eigenvalue weighted by Gasteiger charge is 2.09. The minimum atomic E-state index is -0.613. The second kappa shape index (κ2) is 5.54. The lowest BCUT2D eigenvalue weighted by Gasteiger charge is -2.09. The van der Waals surface area contributed by atoms with Gasteiger partial charge in [0.25, 0.3) is 0 Å². The van der Waals surface area contributed by atoms with Gasteiger partial charge in [0.1, 0.15) is 17.3 Å². The van der Waals surface area contributed by atoms with E-state index < -0.39 is 11.6 Å². The monoisotopic (exact) mass is 287 g/mol. The number of rotatable bonds is 4. The van der Waals surface area contributed by atoms with Crippen molar-refractivity contribution in [2.45, 2.75) is 6.54 Å². The summed E-state index contributed by atoms with van der Waals surface area (Å²) in [6.07, 6.45) is 1.93. The summed E-state index contributed by atoms with van der Waals surface area (Å²) in [4.78, 5) is 3.16. The molecule has 0 bridgehead atoms. The third-order valence-electron chi connectivity index (χ3n) is 3.37. The van der Waals surface area contributed by atoms with Crippen LogP contribution in [0.5, 0.6) is 0 Å². The van der Waals surface area contributed by atoms with Gasteiger partial charge in [0.05, 0.1) is 0 Å². The van der Waals surface area contributed by atoms with E-state index in [2.05, 4.69) is 15.6 Å². The van der Waals surface area contributed by atoms with Crippen LogP contribution < -0.4 is 10.6 Å². The highest BCUT2D eigenvalue weighted by Crippen LogP contribution is 2.27. The maximum absolute atomic E-state index is 13.6. The Morgan fingerprint density at radius 2 is 1.86 bits per heavy atom. The van der Waals surface area contributed by atoms with E-state index in [9.17, 15) is 8.78 Å². The van der Waals surface area contributed by atoms with Gasteiger partial charge >= 0.3 is 0 Å². The summed E-state index contributed by atoms with van der Waals surface area (Å²) >= 11 is 0. The van der Waals surface area contributed by atoms with E-state index in [1.807, 2.05) is 25.4 Å². The number of fused-ring (bicyclic) bond motifs is 1. The van der Waals surface area contributed by atoms with Crippen molar-refractivity contribution in [1.29, 1.82) is 0 Å². The molecule has 5 heteroatoms. The Labute approximate surface area is 121 Å². The van der Waals surface area contributed by atoms with Crippen molar-refractivity contribution in [3.05, 3.63) is 59.8 Å². The Balaban J connectivity index is 1.95. The first-order valence-electron chi connectivity index (χ1n) is 6.64. The second-order valence-corrected chi connectivity index (χ2v) is 4.83. The zero-order valence-corrected chi connectivity index (χ0v) is 11.5. The number of aromatic nitrogens is 1. The summed E-state index contributed by atoms with van der Waals surface area (Å²) in [5, 5.41) is 6.97. The van der Waals surface area contributed by atoms with E-state index in [1.54, 1.807) is 6.07 Å². The lowest BCUT2D eigenvalue weighted by atomic mass is 10.1. The largest absolute Gasteiger partial charge is 0.361 e. The van der Waals surface area contributed by atoms with Crippen molar-refractivity contribution >= 4 is 22.3 Å². The topological polar surface area (TPSA) is 39.9 Å². The molecular formula is C16H15F2N3. The van der Waals surface area contributed by atoms with Gasteiger partial charge in [-0.1, -0.05) is 12.1 Å². The molecule has 0 atom stereocenters. The molecule has 0 spiro atoms. The number of H-pyrrole nitrogens is 1. The third kappa shape index (κ3) is 2.60. The molecule has 2 aromatic carbocycles. The zero-order chi connectivity index (χ0) is 14.8. The maximum atomic E-state index is 13.6. The lowest BCUT2D eigenvalue weighted by Crippen LogP contribution is -2.04. The van der Waals surface area contributed by atoms with Crippen LogP contribution in [-0.4, -0.2) is 12.0 Å². The molecule has 0 unspecified atom stereocenters. The quantitative estimate of drug-likeness (QED) is 0.681. The van der Waals surface area contributed by atoms with Crippen LogP contribution >= 0.6 is 0 Å². The molecule has 3 N–H and O–H groups in total. The van der Waals surface area contributed by atoms with Crippen LogP contribution in [-0.2, 0) is 6.54 Å². The summed E-state index contributed by atoms with van der Waals surface area (Å²) in [5.41, 5.74) is 2.56. The summed E-state index contributed by atoms with van der Waals surface area (Å²) in [6.45, 7) is 0.759. The number of aromatic amines is 1. The van der Waals surface area contributed by atoms with Crippen LogP contribution in [0.2, 0.25) is 0 Å². The number of anilines is 2. The number of hydrogen-bond donors (Lipinski definition) is 3. The average molecular weight is 287 g/mol. The van der Waals surface area contributed by atoms with Crippen molar-refractivity contribution in [2.75, 3.05) is 12.4 Å². The van der Waals surface area contributed by atoms with Gasteiger partial charge in [0.2, 0.25) is 0 Å². The van der Waals surface area contributed by atoms with Crippen molar-refractivity contribution in [3.63, 3.8) is 0 Å². The normalized spacial score (nSPS) is 11.0. The molecule has 0 amide bonds. The standard InChI is InChI=1S/C16H15F2N3/c1-19-8-10-9-20-15-7-11(5-6-12(10)15)21-16-13(17)3-2-4-14(16)18/h2-7,9,19-21H,8H2,1H3. The summed E-state index contributed by atoms with van der Waals surface area (Å²) < 4.78 is 27.3. The molecule has 3 rings (SSSR count). The van der Waals surface area contributed by atoms with Crippen LogP contribution in [0.15, 0.2) is 42.6 Å². The molecule has 1 heterocycles. The van der Waals surface area contributed by atoms with Crippen LogP contribution in [0, 0.1) is 11.6 Å². The highest BCUT2D eigenvalue weighted by molar-refractivity contribution is 5.87. The van der Waals surface area contributed by atoms with E-state index in [4.69, 9.17) is 0 Å². The fraction of sp³-hybridized carbons (Fsp3) is 0.125. The summed E-state index contributed by atoms with van der Waals surface area (Å²) in [7, 11) is 1.88. The van der Waals surface area contributed by atoms with Gasteiger partial charge in [-0.15, -0.1) is 0 Å².